The molecule has 1 aliphatic heterocycles. The molecule has 3 atom stereocenters. The van der Waals surface area contributed by atoms with Gasteiger partial charge in [-0.05, 0) is 43.9 Å². The van der Waals surface area contributed by atoms with Crippen LogP contribution in [0.15, 0.2) is 36.4 Å². The fourth-order valence-electron chi connectivity index (χ4n) is 4.44. The number of halogens is 1. The van der Waals surface area contributed by atoms with Crippen molar-refractivity contribution in [2.24, 2.45) is 11.8 Å². The summed E-state index contributed by atoms with van der Waals surface area (Å²) in [6.45, 7) is 4.42. The summed E-state index contributed by atoms with van der Waals surface area (Å²) in [4.78, 5) is 54.1. The first-order valence-electron chi connectivity index (χ1n) is 11.2. The van der Waals surface area contributed by atoms with E-state index in [0.717, 1.165) is 5.56 Å². The Hall–Kier alpha value is -2.67. The van der Waals surface area contributed by atoms with Gasteiger partial charge in [0.25, 0.3) is 0 Å². The van der Waals surface area contributed by atoms with Crippen molar-refractivity contribution in [3.8, 4) is 0 Å². The molecule has 1 fully saturated rings. The van der Waals surface area contributed by atoms with E-state index in [-0.39, 0.29) is 55.0 Å². The first-order valence-corrected chi connectivity index (χ1v) is 11.6. The zero-order valence-corrected chi connectivity index (χ0v) is 19.3. The van der Waals surface area contributed by atoms with Crippen molar-refractivity contribution in [2.45, 2.75) is 52.1 Å². The number of fused-ring (bicyclic) bond motifs is 1. The molecular formula is C24H30ClN3O4. The average Bonchev–Trinajstić information content (AvgIpc) is 3.03. The third-order valence-corrected chi connectivity index (χ3v) is 6.40. The minimum Gasteiger partial charge on any atom is -0.355 e. The van der Waals surface area contributed by atoms with Crippen LogP contribution < -0.4 is 5.32 Å². The summed E-state index contributed by atoms with van der Waals surface area (Å²) in [6, 6.07) is 6.47. The Kier molecular flexibility index (Phi) is 8.07. The first kappa shape index (κ1) is 24.0. The summed E-state index contributed by atoms with van der Waals surface area (Å²) in [7, 11) is 0. The highest BCUT2D eigenvalue weighted by atomic mass is 35.5. The molecule has 4 amide bonds. The summed E-state index contributed by atoms with van der Waals surface area (Å²) < 4.78 is 0. The van der Waals surface area contributed by atoms with E-state index in [1.807, 2.05) is 38.1 Å². The number of nitrogens with zero attached hydrogens (tertiary/aromatic N) is 2. The lowest BCUT2D eigenvalue weighted by Gasteiger charge is -2.31. The number of nitrogens with one attached hydrogen (secondary N) is 1. The topological polar surface area (TPSA) is 86.8 Å². The van der Waals surface area contributed by atoms with E-state index in [1.54, 1.807) is 12.1 Å². The largest absolute Gasteiger partial charge is 0.355 e. The Morgan fingerprint density at radius 1 is 1.09 bits per heavy atom. The zero-order chi connectivity index (χ0) is 23.3. The Morgan fingerprint density at radius 3 is 2.22 bits per heavy atom. The number of carbonyl (C=O) groups is 4. The van der Waals surface area contributed by atoms with E-state index < -0.39 is 6.04 Å². The van der Waals surface area contributed by atoms with Gasteiger partial charge >= 0.3 is 0 Å². The van der Waals surface area contributed by atoms with Gasteiger partial charge < -0.3 is 10.2 Å². The molecule has 0 saturated carbocycles. The van der Waals surface area contributed by atoms with Gasteiger partial charge in [-0.25, -0.2) is 0 Å². The van der Waals surface area contributed by atoms with Crippen molar-refractivity contribution in [1.82, 2.24) is 15.1 Å². The van der Waals surface area contributed by atoms with E-state index in [9.17, 15) is 19.2 Å². The number of imide groups is 1. The van der Waals surface area contributed by atoms with Crippen molar-refractivity contribution < 1.29 is 19.2 Å². The number of carbonyl (C=O) groups excluding carboxylic acids is 4. The van der Waals surface area contributed by atoms with Crippen molar-refractivity contribution in [2.75, 3.05) is 13.1 Å². The Bertz CT molecular complexity index is 873. The number of rotatable bonds is 9. The summed E-state index contributed by atoms with van der Waals surface area (Å²) in [5.74, 6) is -1.51. The number of hydrogen-bond acceptors (Lipinski definition) is 4. The van der Waals surface area contributed by atoms with Crippen LogP contribution in [0.2, 0.25) is 5.02 Å². The van der Waals surface area contributed by atoms with E-state index in [1.165, 1.54) is 9.80 Å². The Labute approximate surface area is 193 Å². The molecule has 1 aromatic rings. The normalized spacial score (nSPS) is 20.8. The van der Waals surface area contributed by atoms with Crippen LogP contribution in [0.5, 0.6) is 0 Å². The Balaban J connectivity index is 1.74. The van der Waals surface area contributed by atoms with Crippen molar-refractivity contribution in [3.63, 3.8) is 0 Å². The van der Waals surface area contributed by atoms with Gasteiger partial charge in [0, 0.05) is 31.1 Å². The molecule has 1 saturated heterocycles. The third kappa shape index (κ3) is 5.21. The summed E-state index contributed by atoms with van der Waals surface area (Å²) in [5, 5.41) is 3.38. The number of hydrogen-bond donors (Lipinski definition) is 1. The number of allylic oxidation sites excluding steroid dienone is 2. The minimum absolute atomic E-state index is 0.0200. The monoisotopic (exact) mass is 459 g/mol. The van der Waals surface area contributed by atoms with Crippen LogP contribution in [0.4, 0.5) is 0 Å². The predicted octanol–water partition coefficient (Wildman–Crippen LogP) is 2.92. The van der Waals surface area contributed by atoms with Gasteiger partial charge in [0.2, 0.25) is 23.6 Å². The van der Waals surface area contributed by atoms with Crippen molar-refractivity contribution in [1.29, 1.82) is 0 Å². The molecule has 1 heterocycles. The van der Waals surface area contributed by atoms with Crippen LogP contribution >= 0.6 is 11.6 Å². The highest BCUT2D eigenvalue weighted by molar-refractivity contribution is 6.30. The van der Waals surface area contributed by atoms with Gasteiger partial charge in [-0.3, -0.25) is 24.1 Å². The molecule has 1 aliphatic carbocycles. The van der Waals surface area contributed by atoms with Gasteiger partial charge in [-0.15, -0.1) is 0 Å². The maximum absolute atomic E-state index is 13.3. The highest BCUT2D eigenvalue weighted by Crippen LogP contribution is 2.35. The lowest BCUT2D eigenvalue weighted by Crippen LogP contribution is -2.49. The second-order valence-corrected chi connectivity index (χ2v) is 8.64. The molecule has 0 spiro atoms. The molecule has 1 aromatic carbocycles. The van der Waals surface area contributed by atoms with Crippen LogP contribution in [-0.4, -0.2) is 52.6 Å². The van der Waals surface area contributed by atoms with Crippen LogP contribution in [0.3, 0.4) is 0 Å². The maximum atomic E-state index is 13.3. The van der Waals surface area contributed by atoms with E-state index >= 15 is 0 Å². The van der Waals surface area contributed by atoms with Gasteiger partial charge in [0.15, 0.2) is 0 Å². The van der Waals surface area contributed by atoms with Crippen LogP contribution in [0, 0.1) is 11.8 Å². The minimum atomic E-state index is -0.644. The summed E-state index contributed by atoms with van der Waals surface area (Å²) in [6.07, 6.45) is 5.44. The second kappa shape index (κ2) is 10.8. The van der Waals surface area contributed by atoms with Crippen LogP contribution in [0.1, 0.15) is 45.1 Å². The molecule has 7 nitrogen and oxygen atoms in total. The van der Waals surface area contributed by atoms with Gasteiger partial charge in [-0.1, -0.05) is 42.8 Å². The third-order valence-electron chi connectivity index (χ3n) is 6.15. The first-order chi connectivity index (χ1) is 15.4. The van der Waals surface area contributed by atoms with Crippen LogP contribution in [-0.2, 0) is 25.7 Å². The van der Waals surface area contributed by atoms with Crippen LogP contribution in [0.25, 0.3) is 0 Å². The molecule has 2 aliphatic rings. The molecule has 0 bridgehead atoms. The Morgan fingerprint density at radius 2 is 1.69 bits per heavy atom. The van der Waals surface area contributed by atoms with Crippen molar-refractivity contribution in [3.05, 3.63) is 47.0 Å². The highest BCUT2D eigenvalue weighted by Gasteiger charge is 2.47. The number of benzene rings is 1. The number of likely N-dealkylation sites (N-methyl/N-ethyl adjacent to an activating group) is 1. The standard InChI is InChI=1S/C24H30ClN3O4/c1-3-20(22(30)26-4-2)28(15-16-9-11-17(25)12-10-16)21(29)13-14-27-23(31)18-7-5-6-8-19(18)24(27)32/h5-6,9-12,18-20H,3-4,7-8,13-15H2,1-2H3,(H,26,30)/t18-,19+,20-/m0/s1. The fraction of sp³-hybridized carbons (Fsp3) is 0.500. The molecule has 32 heavy (non-hydrogen) atoms. The number of amides is 4. The van der Waals surface area contributed by atoms with Gasteiger partial charge in [-0.2, -0.15) is 0 Å². The molecule has 0 aromatic heterocycles. The molecule has 172 valence electrons. The fourth-order valence-corrected chi connectivity index (χ4v) is 4.56. The lowest BCUT2D eigenvalue weighted by atomic mass is 9.85. The average molecular weight is 460 g/mol. The second-order valence-electron chi connectivity index (χ2n) is 8.20. The molecule has 1 N–H and O–H groups in total. The SMILES string of the molecule is CCNC(=O)[C@H](CC)N(Cc1ccc(Cl)cc1)C(=O)CCN1C(=O)[C@H]2CC=CC[C@H]2C1=O. The molecule has 0 radical (unpaired) electrons. The molecule has 3 rings (SSSR count). The maximum Gasteiger partial charge on any atom is 0.242 e. The number of likely N-dealkylation sites (tertiary alicyclic amines) is 1. The summed E-state index contributed by atoms with van der Waals surface area (Å²) >= 11 is 5.98. The smallest absolute Gasteiger partial charge is 0.242 e. The summed E-state index contributed by atoms with van der Waals surface area (Å²) in [5.41, 5.74) is 0.843. The molecular weight excluding hydrogens is 430 g/mol. The zero-order valence-electron chi connectivity index (χ0n) is 18.6. The quantitative estimate of drug-likeness (QED) is 0.454. The molecule has 0 unspecified atom stereocenters. The van der Waals surface area contributed by atoms with E-state index in [0.29, 0.717) is 30.8 Å². The van der Waals surface area contributed by atoms with Gasteiger partial charge in [0.1, 0.15) is 6.04 Å². The van der Waals surface area contributed by atoms with Crippen molar-refractivity contribution >= 4 is 35.2 Å². The van der Waals surface area contributed by atoms with Gasteiger partial charge in [0.05, 0.1) is 11.8 Å². The lowest BCUT2D eigenvalue weighted by molar-refractivity contribution is -0.144. The molecule has 8 heteroatoms. The van der Waals surface area contributed by atoms with E-state index in [2.05, 4.69) is 5.32 Å². The predicted molar refractivity (Wildman–Crippen MR) is 121 cm³/mol. The van der Waals surface area contributed by atoms with E-state index in [4.69, 9.17) is 11.6 Å².